The molecule has 18 heavy (non-hydrogen) atoms. The normalized spacial score (nSPS) is 19.9. The Hall–Kier alpha value is -1.51. The van der Waals surface area contributed by atoms with Crippen LogP contribution in [-0.2, 0) is 0 Å². The van der Waals surface area contributed by atoms with Crippen LogP contribution >= 0.6 is 0 Å². The Labute approximate surface area is 109 Å². The molecule has 0 radical (unpaired) electrons. The van der Waals surface area contributed by atoms with Gasteiger partial charge in [-0.05, 0) is 55.5 Å². The second-order valence-electron chi connectivity index (χ2n) is 5.46. The van der Waals surface area contributed by atoms with Gasteiger partial charge in [-0.3, -0.25) is 0 Å². The zero-order valence-electron chi connectivity index (χ0n) is 12.2. The van der Waals surface area contributed by atoms with Crippen LogP contribution in [0.25, 0.3) is 0 Å². The lowest BCUT2D eigenvalue weighted by Crippen LogP contribution is -2.27. The third kappa shape index (κ3) is 1.78. The van der Waals surface area contributed by atoms with Gasteiger partial charge in [-0.1, -0.05) is 6.07 Å². The molecule has 3 heteroatoms. The van der Waals surface area contributed by atoms with E-state index in [-0.39, 0.29) is 12.1 Å². The van der Waals surface area contributed by atoms with Crippen molar-refractivity contribution in [2.24, 2.45) is 0 Å². The summed E-state index contributed by atoms with van der Waals surface area (Å²) in [4.78, 5) is 15.6. The Morgan fingerprint density at radius 2 is 1.56 bits per heavy atom. The van der Waals surface area contributed by atoms with Crippen molar-refractivity contribution in [3.05, 3.63) is 33.9 Å². The largest absolute Gasteiger partial charge is 0.325 e. The minimum absolute atomic E-state index is 0.109. The van der Waals surface area contributed by atoms with Gasteiger partial charge in [-0.15, -0.1) is 0 Å². The molecule has 0 aromatic heterocycles. The van der Waals surface area contributed by atoms with Gasteiger partial charge >= 0.3 is 6.03 Å². The fourth-order valence-electron chi connectivity index (χ4n) is 2.89. The summed E-state index contributed by atoms with van der Waals surface area (Å²) in [6.07, 6.45) is 0. The van der Waals surface area contributed by atoms with E-state index in [0.29, 0.717) is 0 Å². The van der Waals surface area contributed by atoms with Crippen LogP contribution in [0.1, 0.15) is 33.9 Å². The lowest BCUT2D eigenvalue weighted by atomic mass is 9.89. The van der Waals surface area contributed by atoms with E-state index in [1.807, 2.05) is 19.0 Å². The fourth-order valence-corrected chi connectivity index (χ4v) is 2.89. The summed E-state index contributed by atoms with van der Waals surface area (Å²) < 4.78 is 0. The van der Waals surface area contributed by atoms with E-state index in [2.05, 4.69) is 33.8 Å². The fraction of sp³-hybridized carbons (Fsp3) is 0.533. The van der Waals surface area contributed by atoms with Crippen molar-refractivity contribution in [1.29, 1.82) is 0 Å². The van der Waals surface area contributed by atoms with Crippen LogP contribution in [0.5, 0.6) is 0 Å². The first-order chi connectivity index (χ1) is 8.34. The summed E-state index contributed by atoms with van der Waals surface area (Å²) in [5, 5.41) is 0. The summed E-state index contributed by atoms with van der Waals surface area (Å²) >= 11 is 0. The number of likely N-dealkylation sites (N-methyl/N-ethyl adjacent to an activating group) is 2. The van der Waals surface area contributed by atoms with Gasteiger partial charge < -0.3 is 9.80 Å². The van der Waals surface area contributed by atoms with Crippen LogP contribution < -0.4 is 0 Å². The van der Waals surface area contributed by atoms with Crippen molar-refractivity contribution in [1.82, 2.24) is 9.80 Å². The summed E-state index contributed by atoms with van der Waals surface area (Å²) in [6, 6.07) is 2.52. The summed E-state index contributed by atoms with van der Waals surface area (Å²) in [7, 11) is 3.76. The van der Waals surface area contributed by atoms with E-state index in [0.717, 1.165) is 6.54 Å². The van der Waals surface area contributed by atoms with E-state index in [1.165, 1.54) is 27.8 Å². The van der Waals surface area contributed by atoms with Gasteiger partial charge in [-0.25, -0.2) is 4.79 Å². The Morgan fingerprint density at radius 1 is 1.06 bits per heavy atom. The number of amides is 2. The highest BCUT2D eigenvalue weighted by molar-refractivity contribution is 5.77. The number of carbonyl (C=O) groups excluding carboxylic acids is 1. The Morgan fingerprint density at radius 3 is 1.94 bits per heavy atom. The molecule has 1 heterocycles. The molecule has 98 valence electrons. The molecular formula is C15H22N2O. The third-order valence-electron chi connectivity index (χ3n) is 4.30. The van der Waals surface area contributed by atoms with Crippen LogP contribution in [0.4, 0.5) is 4.79 Å². The molecule has 1 aliphatic heterocycles. The highest BCUT2D eigenvalue weighted by atomic mass is 16.2. The van der Waals surface area contributed by atoms with Crippen molar-refractivity contribution in [3.8, 4) is 0 Å². The molecular weight excluding hydrogens is 224 g/mol. The predicted molar refractivity (Wildman–Crippen MR) is 73.9 cm³/mol. The Bertz CT molecular complexity index is 481. The molecule has 1 aromatic rings. The summed E-state index contributed by atoms with van der Waals surface area (Å²) in [6.45, 7) is 9.39. The number of hydrogen-bond donors (Lipinski definition) is 0. The number of aryl methyl sites for hydroxylation is 2. The number of rotatable bonds is 1. The lowest BCUT2D eigenvalue weighted by Gasteiger charge is -2.24. The van der Waals surface area contributed by atoms with Gasteiger partial charge in [0.25, 0.3) is 0 Å². The SMILES string of the molecule is Cc1cc(C)c(C)c(C2CN(C)C(=O)N2C)c1C. The molecule has 2 amide bonds. The first-order valence-electron chi connectivity index (χ1n) is 6.39. The number of carbonyl (C=O) groups is 1. The smallest absolute Gasteiger partial charge is 0.320 e. The average Bonchev–Trinajstić information content (AvgIpc) is 2.55. The standard InChI is InChI=1S/C15H22N2O/c1-9-7-10(2)12(4)14(11(9)3)13-8-16(5)15(18)17(13)6/h7,13H,8H2,1-6H3. The molecule has 1 saturated heterocycles. The van der Waals surface area contributed by atoms with Gasteiger partial charge in [0.2, 0.25) is 0 Å². The van der Waals surface area contributed by atoms with Crippen LogP contribution in [-0.4, -0.2) is 36.5 Å². The monoisotopic (exact) mass is 246 g/mol. The molecule has 1 fully saturated rings. The number of urea groups is 1. The number of hydrogen-bond acceptors (Lipinski definition) is 1. The Kier molecular flexibility index (Phi) is 3.09. The maximum absolute atomic E-state index is 11.9. The van der Waals surface area contributed by atoms with E-state index < -0.39 is 0 Å². The molecule has 0 aliphatic carbocycles. The molecule has 1 aliphatic rings. The van der Waals surface area contributed by atoms with Crippen molar-refractivity contribution >= 4 is 6.03 Å². The third-order valence-corrected chi connectivity index (χ3v) is 4.30. The van der Waals surface area contributed by atoms with Crippen LogP contribution in [0.15, 0.2) is 6.07 Å². The van der Waals surface area contributed by atoms with Crippen LogP contribution in [0, 0.1) is 27.7 Å². The highest BCUT2D eigenvalue weighted by Gasteiger charge is 2.35. The summed E-state index contributed by atoms with van der Waals surface area (Å²) in [5.41, 5.74) is 6.58. The topological polar surface area (TPSA) is 23.6 Å². The van der Waals surface area contributed by atoms with Gasteiger partial charge in [-0.2, -0.15) is 0 Å². The molecule has 3 nitrogen and oxygen atoms in total. The molecule has 2 rings (SSSR count). The first-order valence-corrected chi connectivity index (χ1v) is 6.39. The van der Waals surface area contributed by atoms with Gasteiger partial charge in [0.05, 0.1) is 6.04 Å². The Balaban J connectivity index is 2.56. The van der Waals surface area contributed by atoms with Crippen LogP contribution in [0.3, 0.4) is 0 Å². The molecule has 1 unspecified atom stereocenters. The molecule has 0 bridgehead atoms. The molecule has 0 saturated carbocycles. The molecule has 0 spiro atoms. The molecule has 1 aromatic carbocycles. The maximum Gasteiger partial charge on any atom is 0.320 e. The predicted octanol–water partition coefficient (Wildman–Crippen LogP) is 2.96. The molecule has 1 atom stereocenters. The van der Waals surface area contributed by atoms with Gasteiger partial charge in [0.1, 0.15) is 0 Å². The highest BCUT2D eigenvalue weighted by Crippen LogP contribution is 2.34. The van der Waals surface area contributed by atoms with Crippen molar-refractivity contribution in [2.45, 2.75) is 33.7 Å². The van der Waals surface area contributed by atoms with E-state index in [1.54, 1.807) is 4.90 Å². The first kappa shape index (κ1) is 12.9. The zero-order valence-corrected chi connectivity index (χ0v) is 12.2. The van der Waals surface area contributed by atoms with Crippen molar-refractivity contribution in [3.63, 3.8) is 0 Å². The zero-order chi connectivity index (χ0) is 13.6. The van der Waals surface area contributed by atoms with E-state index in [9.17, 15) is 4.79 Å². The van der Waals surface area contributed by atoms with E-state index in [4.69, 9.17) is 0 Å². The second-order valence-corrected chi connectivity index (χ2v) is 5.46. The summed E-state index contributed by atoms with van der Waals surface area (Å²) in [5.74, 6) is 0. The van der Waals surface area contributed by atoms with Crippen molar-refractivity contribution < 1.29 is 4.79 Å². The lowest BCUT2D eigenvalue weighted by molar-refractivity contribution is 0.201. The van der Waals surface area contributed by atoms with Gasteiger partial charge in [0.15, 0.2) is 0 Å². The van der Waals surface area contributed by atoms with Crippen LogP contribution in [0.2, 0.25) is 0 Å². The van der Waals surface area contributed by atoms with Crippen molar-refractivity contribution in [2.75, 3.05) is 20.6 Å². The van der Waals surface area contributed by atoms with E-state index >= 15 is 0 Å². The average molecular weight is 246 g/mol. The minimum atomic E-state index is 0.109. The maximum atomic E-state index is 11.9. The second kappa shape index (κ2) is 4.30. The molecule has 0 N–H and O–H groups in total. The minimum Gasteiger partial charge on any atom is -0.325 e. The number of benzene rings is 1. The number of nitrogens with zero attached hydrogens (tertiary/aromatic N) is 2. The van der Waals surface area contributed by atoms with Gasteiger partial charge in [0, 0.05) is 20.6 Å². The quantitative estimate of drug-likeness (QED) is 0.747.